The second-order valence-electron chi connectivity index (χ2n) is 5.28. The van der Waals surface area contributed by atoms with E-state index in [0.29, 0.717) is 12.2 Å². The van der Waals surface area contributed by atoms with Crippen molar-refractivity contribution >= 4 is 32.7 Å². The first kappa shape index (κ1) is 12.0. The molecule has 0 bridgehead atoms. The lowest BCUT2D eigenvalue weighted by Crippen LogP contribution is -2.45. The molecule has 2 atom stereocenters. The molecule has 2 nitrogen and oxygen atoms in total. The fraction of sp³-hybridized carbons (Fsp3) is 0.400. The Morgan fingerprint density at radius 2 is 2.22 bits per heavy atom. The molecule has 18 heavy (non-hydrogen) atoms. The smallest absolute Gasteiger partial charge is 0.140 e. The van der Waals surface area contributed by atoms with Crippen LogP contribution in [-0.2, 0) is 4.79 Å². The number of carbonyl (C=O) groups is 1. The third-order valence-electron chi connectivity index (χ3n) is 4.37. The summed E-state index contributed by atoms with van der Waals surface area (Å²) < 4.78 is 6.95. The van der Waals surface area contributed by atoms with Crippen molar-refractivity contribution in [1.82, 2.24) is 0 Å². The van der Waals surface area contributed by atoms with Gasteiger partial charge in [-0.15, -0.1) is 0 Å². The molecule has 1 aliphatic carbocycles. The number of hydrogen-bond donors (Lipinski definition) is 0. The van der Waals surface area contributed by atoms with Crippen LogP contribution >= 0.6 is 15.9 Å². The lowest BCUT2D eigenvalue weighted by Gasteiger charge is -2.43. The summed E-state index contributed by atoms with van der Waals surface area (Å²) in [6, 6.07) is 8.06. The van der Waals surface area contributed by atoms with E-state index in [4.69, 9.17) is 4.42 Å². The van der Waals surface area contributed by atoms with Crippen LogP contribution in [0.2, 0.25) is 0 Å². The van der Waals surface area contributed by atoms with E-state index in [0.717, 1.165) is 27.6 Å². The van der Waals surface area contributed by atoms with Crippen LogP contribution in [0, 0.1) is 5.41 Å². The first-order valence-electron chi connectivity index (χ1n) is 6.27. The summed E-state index contributed by atoms with van der Waals surface area (Å²) in [5, 5.41) is 1.09. The third-order valence-corrected chi connectivity index (χ3v) is 4.86. The standard InChI is InChI=1S/C15H15BrO2/c1-3-15(2)11(8-14(15)17)13-7-9-6-10(16)4-5-12(9)18-13/h4-7,11H,3,8H2,1-2H3. The number of rotatable bonds is 2. The molecule has 3 heteroatoms. The normalized spacial score (nSPS) is 27.5. The van der Waals surface area contributed by atoms with E-state index in [2.05, 4.69) is 28.9 Å². The highest BCUT2D eigenvalue weighted by Gasteiger charge is 2.51. The minimum Gasteiger partial charge on any atom is -0.461 e. The fourth-order valence-corrected chi connectivity index (χ4v) is 3.15. The number of carbonyl (C=O) groups excluding carboxylic acids is 1. The molecule has 0 spiro atoms. The van der Waals surface area contributed by atoms with Gasteiger partial charge in [0.05, 0.1) is 0 Å². The topological polar surface area (TPSA) is 30.2 Å². The van der Waals surface area contributed by atoms with Gasteiger partial charge in [-0.05, 0) is 30.7 Å². The summed E-state index contributed by atoms with van der Waals surface area (Å²) in [5.74, 6) is 1.55. The number of hydrogen-bond acceptors (Lipinski definition) is 2. The number of benzene rings is 1. The Morgan fingerprint density at radius 1 is 1.44 bits per heavy atom. The maximum absolute atomic E-state index is 11.8. The molecule has 1 aliphatic rings. The van der Waals surface area contributed by atoms with Crippen LogP contribution in [-0.4, -0.2) is 5.78 Å². The summed E-state index contributed by atoms with van der Waals surface area (Å²) in [7, 11) is 0. The molecule has 0 radical (unpaired) electrons. The quantitative estimate of drug-likeness (QED) is 0.807. The van der Waals surface area contributed by atoms with E-state index in [1.165, 1.54) is 0 Å². The van der Waals surface area contributed by atoms with Crippen molar-refractivity contribution in [1.29, 1.82) is 0 Å². The lowest BCUT2D eigenvalue weighted by molar-refractivity contribution is -0.140. The average molecular weight is 307 g/mol. The average Bonchev–Trinajstić information content (AvgIpc) is 2.76. The van der Waals surface area contributed by atoms with Gasteiger partial charge in [-0.2, -0.15) is 0 Å². The van der Waals surface area contributed by atoms with Gasteiger partial charge in [0.15, 0.2) is 0 Å². The first-order valence-corrected chi connectivity index (χ1v) is 7.06. The van der Waals surface area contributed by atoms with E-state index in [9.17, 15) is 4.79 Å². The van der Waals surface area contributed by atoms with Gasteiger partial charge in [-0.1, -0.05) is 29.8 Å². The highest BCUT2D eigenvalue weighted by atomic mass is 79.9. The zero-order valence-electron chi connectivity index (χ0n) is 10.5. The number of furan rings is 1. The molecule has 1 heterocycles. The van der Waals surface area contributed by atoms with Gasteiger partial charge in [0.25, 0.3) is 0 Å². The number of halogens is 1. The molecule has 94 valence electrons. The second-order valence-corrected chi connectivity index (χ2v) is 6.20. The predicted octanol–water partition coefficient (Wildman–Crippen LogP) is 4.67. The molecule has 0 N–H and O–H groups in total. The number of Topliss-reactive ketones (excluding diaryl/α,β-unsaturated/α-hetero) is 1. The monoisotopic (exact) mass is 306 g/mol. The van der Waals surface area contributed by atoms with Crippen molar-refractivity contribution in [3.63, 3.8) is 0 Å². The van der Waals surface area contributed by atoms with Gasteiger partial charge in [-0.25, -0.2) is 0 Å². The molecule has 2 aromatic rings. The molecule has 1 aromatic heterocycles. The van der Waals surface area contributed by atoms with Crippen LogP contribution in [0.15, 0.2) is 33.2 Å². The maximum Gasteiger partial charge on any atom is 0.140 e. The van der Waals surface area contributed by atoms with Gasteiger partial charge < -0.3 is 4.42 Å². The van der Waals surface area contributed by atoms with Crippen LogP contribution in [0.1, 0.15) is 38.4 Å². The molecule has 0 aliphatic heterocycles. The van der Waals surface area contributed by atoms with Crippen LogP contribution in [0.3, 0.4) is 0 Å². The molecule has 3 rings (SSSR count). The van der Waals surface area contributed by atoms with Gasteiger partial charge in [0.1, 0.15) is 17.1 Å². The SMILES string of the molecule is CCC1(C)C(=O)CC1c1cc2cc(Br)ccc2o1. The van der Waals surface area contributed by atoms with Crippen LogP contribution < -0.4 is 0 Å². The van der Waals surface area contributed by atoms with Crippen molar-refractivity contribution < 1.29 is 9.21 Å². The van der Waals surface area contributed by atoms with E-state index in [1.54, 1.807) is 0 Å². The van der Waals surface area contributed by atoms with Gasteiger partial charge >= 0.3 is 0 Å². The van der Waals surface area contributed by atoms with E-state index >= 15 is 0 Å². The zero-order chi connectivity index (χ0) is 12.9. The summed E-state index contributed by atoms with van der Waals surface area (Å²) in [4.78, 5) is 11.8. The van der Waals surface area contributed by atoms with Gasteiger partial charge in [0, 0.05) is 27.6 Å². The number of fused-ring (bicyclic) bond motifs is 1. The van der Waals surface area contributed by atoms with Crippen molar-refractivity contribution in [2.45, 2.75) is 32.6 Å². The van der Waals surface area contributed by atoms with Crippen LogP contribution in [0.25, 0.3) is 11.0 Å². The van der Waals surface area contributed by atoms with Crippen molar-refractivity contribution in [3.8, 4) is 0 Å². The minimum atomic E-state index is -0.231. The lowest BCUT2D eigenvalue weighted by atomic mass is 9.58. The molecule has 2 unspecified atom stereocenters. The number of ketones is 1. The Kier molecular flexibility index (Phi) is 2.63. The molecule has 0 amide bonds. The fourth-order valence-electron chi connectivity index (χ4n) is 2.77. The van der Waals surface area contributed by atoms with Crippen LogP contribution in [0.4, 0.5) is 0 Å². The van der Waals surface area contributed by atoms with E-state index < -0.39 is 0 Å². The molecular weight excluding hydrogens is 292 g/mol. The molecule has 1 saturated carbocycles. The maximum atomic E-state index is 11.8. The largest absolute Gasteiger partial charge is 0.461 e. The molecular formula is C15H15BrO2. The summed E-state index contributed by atoms with van der Waals surface area (Å²) in [6.07, 6.45) is 1.49. The molecule has 1 aromatic carbocycles. The highest BCUT2D eigenvalue weighted by Crippen LogP contribution is 2.52. The van der Waals surface area contributed by atoms with Crippen molar-refractivity contribution in [3.05, 3.63) is 34.5 Å². The van der Waals surface area contributed by atoms with Crippen molar-refractivity contribution in [2.75, 3.05) is 0 Å². The second kappa shape index (κ2) is 3.95. The first-order chi connectivity index (χ1) is 8.54. The Labute approximate surface area is 114 Å². The van der Waals surface area contributed by atoms with Gasteiger partial charge in [0.2, 0.25) is 0 Å². The summed E-state index contributed by atoms with van der Waals surface area (Å²) in [5.41, 5.74) is 0.663. The summed E-state index contributed by atoms with van der Waals surface area (Å²) >= 11 is 3.46. The Bertz CT molecular complexity index is 628. The van der Waals surface area contributed by atoms with Crippen molar-refractivity contribution in [2.24, 2.45) is 5.41 Å². The Balaban J connectivity index is 2.03. The molecule has 0 saturated heterocycles. The van der Waals surface area contributed by atoms with E-state index in [1.807, 2.05) is 25.1 Å². The van der Waals surface area contributed by atoms with E-state index in [-0.39, 0.29) is 11.3 Å². The molecule has 1 fully saturated rings. The Hall–Kier alpha value is -1.09. The Morgan fingerprint density at radius 3 is 2.89 bits per heavy atom. The predicted molar refractivity (Wildman–Crippen MR) is 74.7 cm³/mol. The van der Waals surface area contributed by atoms with Crippen LogP contribution in [0.5, 0.6) is 0 Å². The zero-order valence-corrected chi connectivity index (χ0v) is 12.1. The third kappa shape index (κ3) is 1.57. The highest BCUT2D eigenvalue weighted by molar-refractivity contribution is 9.10. The van der Waals surface area contributed by atoms with Gasteiger partial charge in [-0.3, -0.25) is 4.79 Å². The minimum absolute atomic E-state index is 0.231. The summed E-state index contributed by atoms with van der Waals surface area (Å²) in [6.45, 7) is 4.12.